The van der Waals surface area contributed by atoms with Crippen LogP contribution in [-0.2, 0) is 6.42 Å². The summed E-state index contributed by atoms with van der Waals surface area (Å²) < 4.78 is 15.5. The van der Waals surface area contributed by atoms with E-state index in [0.29, 0.717) is 28.9 Å². The number of H-pyrrole nitrogens is 2. The van der Waals surface area contributed by atoms with Gasteiger partial charge in [-0.25, -0.2) is 9.37 Å². The lowest BCUT2D eigenvalue weighted by Gasteiger charge is -2.23. The first-order valence-electron chi connectivity index (χ1n) is 11.1. The van der Waals surface area contributed by atoms with E-state index >= 15 is 4.39 Å². The maximum absolute atomic E-state index is 15.5. The minimum atomic E-state index is -0.381. The van der Waals surface area contributed by atoms with Gasteiger partial charge in [0.1, 0.15) is 17.0 Å². The highest BCUT2D eigenvalue weighted by Gasteiger charge is 2.44. The van der Waals surface area contributed by atoms with Crippen LogP contribution >= 0.6 is 0 Å². The van der Waals surface area contributed by atoms with Gasteiger partial charge in [0, 0.05) is 23.0 Å². The highest BCUT2D eigenvalue weighted by Crippen LogP contribution is 2.45. The normalized spacial score (nSPS) is 17.1. The van der Waals surface area contributed by atoms with E-state index in [1.54, 1.807) is 24.3 Å². The maximum Gasteiger partial charge on any atom is 0.159 e. The summed E-state index contributed by atoms with van der Waals surface area (Å²) in [6.07, 6.45) is 8.19. The van der Waals surface area contributed by atoms with Crippen molar-refractivity contribution in [2.45, 2.75) is 38.1 Å². The number of aromatic nitrogens is 4. The number of fused-ring (bicyclic) bond motifs is 1. The lowest BCUT2D eigenvalue weighted by atomic mass is 9.96. The Hall–Kier alpha value is -3.45. The van der Waals surface area contributed by atoms with Crippen molar-refractivity contribution in [3.63, 3.8) is 0 Å². The molecule has 0 saturated heterocycles. The standard InChI is InChI=1S/C25H24FN5O/c1-2-14-11-16(32)3-4-17(14)18-5-6-19-22(21(18)26)30-31-23(19)24-27-13-20(29-24)15-7-10-28-25(12-15)8-9-25/h3-7,11,13,28,32H,2,8-10,12H2,1H3,(H,27,29)(H,30,31). The zero-order chi connectivity index (χ0) is 21.9. The number of imidazole rings is 1. The fourth-order valence-electron chi connectivity index (χ4n) is 4.78. The zero-order valence-corrected chi connectivity index (χ0v) is 17.8. The lowest BCUT2D eigenvalue weighted by molar-refractivity contribution is 0.474. The fourth-order valence-corrected chi connectivity index (χ4v) is 4.78. The molecule has 2 aromatic heterocycles. The number of hydrogen-bond acceptors (Lipinski definition) is 4. The predicted molar refractivity (Wildman–Crippen MR) is 123 cm³/mol. The summed E-state index contributed by atoms with van der Waals surface area (Å²) in [7, 11) is 0. The molecular formula is C25H24FN5O. The molecule has 162 valence electrons. The van der Waals surface area contributed by atoms with Crippen molar-refractivity contribution in [3.05, 3.63) is 59.7 Å². The summed E-state index contributed by atoms with van der Waals surface area (Å²) in [5.41, 5.74) is 5.64. The van der Waals surface area contributed by atoms with Gasteiger partial charge in [-0.05, 0) is 60.6 Å². The van der Waals surface area contributed by atoms with Gasteiger partial charge in [0.25, 0.3) is 0 Å². The molecule has 6 rings (SSSR count). The molecular weight excluding hydrogens is 405 g/mol. The molecule has 0 radical (unpaired) electrons. The third-order valence-electron chi connectivity index (χ3n) is 6.79. The third-order valence-corrected chi connectivity index (χ3v) is 6.79. The molecule has 2 aromatic carbocycles. The zero-order valence-electron chi connectivity index (χ0n) is 17.8. The summed E-state index contributed by atoms with van der Waals surface area (Å²) >= 11 is 0. The highest BCUT2D eigenvalue weighted by molar-refractivity contribution is 5.95. The third kappa shape index (κ3) is 3.04. The Kier molecular flexibility index (Phi) is 4.23. The van der Waals surface area contributed by atoms with E-state index < -0.39 is 0 Å². The molecule has 1 aliphatic heterocycles. The Labute approximate surface area is 184 Å². The minimum Gasteiger partial charge on any atom is -0.508 e. The smallest absolute Gasteiger partial charge is 0.159 e. The SMILES string of the molecule is CCc1cc(O)ccc1-c1ccc2c(-c3ncc(C4=CCNC5(CC5)C4)[nH]3)[nH]nc2c1F. The van der Waals surface area contributed by atoms with Gasteiger partial charge in [-0.1, -0.05) is 25.1 Å². The number of phenols is 1. The Morgan fingerprint density at radius 2 is 2.00 bits per heavy atom. The molecule has 3 heterocycles. The van der Waals surface area contributed by atoms with Gasteiger partial charge in [0.15, 0.2) is 11.6 Å². The van der Waals surface area contributed by atoms with E-state index in [1.165, 1.54) is 18.4 Å². The molecule has 4 N–H and O–H groups in total. The van der Waals surface area contributed by atoms with Crippen molar-refractivity contribution in [3.8, 4) is 28.4 Å². The molecule has 0 atom stereocenters. The van der Waals surface area contributed by atoms with Crippen molar-refractivity contribution in [2.75, 3.05) is 6.54 Å². The van der Waals surface area contributed by atoms with Crippen LogP contribution in [0.15, 0.2) is 42.6 Å². The van der Waals surface area contributed by atoms with Crippen molar-refractivity contribution >= 4 is 16.5 Å². The molecule has 0 bridgehead atoms. The minimum absolute atomic E-state index is 0.180. The number of halogens is 1. The number of nitrogens with one attached hydrogen (secondary N) is 3. The molecule has 32 heavy (non-hydrogen) atoms. The fraction of sp³-hybridized carbons (Fsp3) is 0.280. The van der Waals surface area contributed by atoms with Gasteiger partial charge in [0.05, 0.1) is 11.9 Å². The maximum atomic E-state index is 15.5. The molecule has 1 spiro atoms. The number of aromatic amines is 2. The number of rotatable bonds is 4. The van der Waals surface area contributed by atoms with E-state index in [0.717, 1.165) is 29.8 Å². The average molecular weight is 429 g/mol. The van der Waals surface area contributed by atoms with Crippen molar-refractivity contribution in [1.82, 2.24) is 25.5 Å². The first-order valence-corrected chi connectivity index (χ1v) is 11.1. The van der Waals surface area contributed by atoms with Crippen LogP contribution in [0, 0.1) is 5.82 Å². The average Bonchev–Trinajstić information content (AvgIpc) is 3.20. The summed E-state index contributed by atoms with van der Waals surface area (Å²) in [5, 5.41) is 21.3. The van der Waals surface area contributed by atoms with E-state index in [4.69, 9.17) is 0 Å². The first-order chi connectivity index (χ1) is 15.6. The topological polar surface area (TPSA) is 89.6 Å². The van der Waals surface area contributed by atoms with Crippen LogP contribution in [-0.4, -0.2) is 37.4 Å². The van der Waals surface area contributed by atoms with Gasteiger partial charge < -0.3 is 15.4 Å². The van der Waals surface area contributed by atoms with Gasteiger partial charge in [-0.3, -0.25) is 5.10 Å². The number of hydrogen-bond donors (Lipinski definition) is 4. The first kappa shape index (κ1) is 19.3. The molecule has 7 heteroatoms. The largest absolute Gasteiger partial charge is 0.508 e. The monoisotopic (exact) mass is 429 g/mol. The Balaban J connectivity index is 1.38. The van der Waals surface area contributed by atoms with Crippen LogP contribution in [0.5, 0.6) is 5.75 Å². The molecule has 1 saturated carbocycles. The van der Waals surface area contributed by atoms with Crippen LogP contribution in [0.2, 0.25) is 0 Å². The van der Waals surface area contributed by atoms with Crippen LogP contribution in [0.3, 0.4) is 0 Å². The number of aryl methyl sites for hydroxylation is 1. The summed E-state index contributed by atoms with van der Waals surface area (Å²) in [6.45, 7) is 2.86. The van der Waals surface area contributed by atoms with Gasteiger partial charge >= 0.3 is 0 Å². The van der Waals surface area contributed by atoms with Gasteiger partial charge in [-0.2, -0.15) is 5.10 Å². The Morgan fingerprint density at radius 1 is 1.16 bits per heavy atom. The number of benzene rings is 2. The van der Waals surface area contributed by atoms with Gasteiger partial charge in [-0.15, -0.1) is 0 Å². The highest BCUT2D eigenvalue weighted by atomic mass is 19.1. The lowest BCUT2D eigenvalue weighted by Crippen LogP contribution is -2.34. The van der Waals surface area contributed by atoms with Gasteiger partial charge in [0.2, 0.25) is 0 Å². The summed E-state index contributed by atoms with van der Waals surface area (Å²) in [6, 6.07) is 8.67. The van der Waals surface area contributed by atoms with Crippen LogP contribution in [0.25, 0.3) is 39.1 Å². The molecule has 1 aliphatic carbocycles. The van der Waals surface area contributed by atoms with Crippen LogP contribution in [0.4, 0.5) is 4.39 Å². The number of aromatic hydroxyl groups is 1. The van der Waals surface area contributed by atoms with Crippen molar-refractivity contribution in [1.29, 1.82) is 0 Å². The number of phenolic OH excluding ortho intramolecular Hbond substituents is 1. The van der Waals surface area contributed by atoms with E-state index in [2.05, 4.69) is 31.6 Å². The quantitative estimate of drug-likeness (QED) is 0.370. The summed E-state index contributed by atoms with van der Waals surface area (Å²) in [5.74, 6) is 0.450. The van der Waals surface area contributed by atoms with E-state index in [9.17, 15) is 5.11 Å². The van der Waals surface area contributed by atoms with Crippen molar-refractivity contribution < 1.29 is 9.50 Å². The molecule has 4 aromatic rings. The second-order valence-corrected chi connectivity index (χ2v) is 8.83. The number of nitrogens with zero attached hydrogens (tertiary/aromatic N) is 2. The Morgan fingerprint density at radius 3 is 2.81 bits per heavy atom. The summed E-state index contributed by atoms with van der Waals surface area (Å²) in [4.78, 5) is 7.97. The van der Waals surface area contributed by atoms with E-state index in [-0.39, 0.29) is 22.6 Å². The molecule has 2 aliphatic rings. The van der Waals surface area contributed by atoms with E-state index in [1.807, 2.05) is 19.2 Å². The molecule has 6 nitrogen and oxygen atoms in total. The van der Waals surface area contributed by atoms with Crippen molar-refractivity contribution in [2.24, 2.45) is 0 Å². The molecule has 0 unspecified atom stereocenters. The molecule has 1 fully saturated rings. The second-order valence-electron chi connectivity index (χ2n) is 8.83. The molecule has 0 amide bonds. The second kappa shape index (κ2) is 7.03. The Bertz CT molecular complexity index is 1380. The van der Waals surface area contributed by atoms with Crippen LogP contribution in [0.1, 0.15) is 37.4 Å². The predicted octanol–water partition coefficient (Wildman–Crippen LogP) is 4.94. The van der Waals surface area contributed by atoms with Crippen LogP contribution < -0.4 is 5.32 Å².